The van der Waals surface area contributed by atoms with Crippen LogP contribution in [0.2, 0.25) is 0 Å². The first-order chi connectivity index (χ1) is 18.2. The summed E-state index contributed by atoms with van der Waals surface area (Å²) in [6.07, 6.45) is 8.08. The third kappa shape index (κ3) is 5.12. The lowest BCUT2D eigenvalue weighted by Gasteiger charge is -2.31. The first kappa shape index (κ1) is 24.4. The van der Waals surface area contributed by atoms with E-state index in [0.717, 1.165) is 29.4 Å². The van der Waals surface area contributed by atoms with Crippen molar-refractivity contribution >= 4 is 17.7 Å². The first-order valence-electron chi connectivity index (χ1n) is 13.6. The van der Waals surface area contributed by atoms with Crippen LogP contribution in [-0.2, 0) is 24.2 Å². The quantitative estimate of drug-likeness (QED) is 0.458. The van der Waals surface area contributed by atoms with Gasteiger partial charge in [0.1, 0.15) is 0 Å². The highest BCUT2D eigenvalue weighted by Gasteiger charge is 2.29. The number of aryl methyl sites for hydroxylation is 1. The Morgan fingerprint density at radius 2 is 1.81 bits per heavy atom. The molecule has 1 unspecified atom stereocenters. The summed E-state index contributed by atoms with van der Waals surface area (Å²) in [7, 11) is 0. The molecule has 0 bridgehead atoms. The van der Waals surface area contributed by atoms with E-state index in [1.807, 2.05) is 35.2 Å². The van der Waals surface area contributed by atoms with Crippen LogP contribution in [0.3, 0.4) is 0 Å². The monoisotopic (exact) mass is 514 g/mol. The lowest BCUT2D eigenvalue weighted by Crippen LogP contribution is -2.42. The molecule has 6 nitrogen and oxygen atoms in total. The third-order valence-electron chi connectivity index (χ3n) is 7.99. The van der Waals surface area contributed by atoms with Gasteiger partial charge in [-0.25, -0.2) is 4.98 Å². The molecular weight excluding hydrogens is 480 g/mol. The molecule has 192 valence electrons. The SMILES string of the molecule is O=C(CCNC1CCCc2ccccc21)N1CCc2nc(SC3CCC3)n(-c3ccccc3)c(=O)c2C1. The van der Waals surface area contributed by atoms with Crippen LogP contribution in [0.15, 0.2) is 64.5 Å². The van der Waals surface area contributed by atoms with E-state index in [1.165, 1.54) is 36.8 Å². The zero-order chi connectivity index (χ0) is 25.2. The van der Waals surface area contributed by atoms with Crippen molar-refractivity contribution in [3.05, 3.63) is 87.3 Å². The Labute approximate surface area is 222 Å². The number of para-hydroxylation sites is 1. The number of thioether (sulfide) groups is 1. The summed E-state index contributed by atoms with van der Waals surface area (Å²) in [5.41, 5.74) is 5.12. The molecule has 1 atom stereocenters. The average Bonchev–Trinajstić information content (AvgIpc) is 2.91. The van der Waals surface area contributed by atoms with E-state index in [4.69, 9.17) is 4.98 Å². The molecule has 0 saturated heterocycles. The highest BCUT2D eigenvalue weighted by atomic mass is 32.2. The highest BCUT2D eigenvalue weighted by Crippen LogP contribution is 2.36. The molecule has 1 aromatic heterocycles. The lowest BCUT2D eigenvalue weighted by atomic mass is 9.88. The van der Waals surface area contributed by atoms with Crippen molar-refractivity contribution in [3.63, 3.8) is 0 Å². The van der Waals surface area contributed by atoms with Gasteiger partial charge in [0.05, 0.1) is 23.5 Å². The topological polar surface area (TPSA) is 67.2 Å². The van der Waals surface area contributed by atoms with Gasteiger partial charge in [-0.3, -0.25) is 14.2 Å². The van der Waals surface area contributed by atoms with Gasteiger partial charge in [0.25, 0.3) is 5.56 Å². The number of hydrogen-bond donors (Lipinski definition) is 1. The van der Waals surface area contributed by atoms with Crippen LogP contribution in [0.25, 0.3) is 5.69 Å². The molecule has 2 aromatic carbocycles. The number of hydrogen-bond acceptors (Lipinski definition) is 5. The molecule has 1 saturated carbocycles. The first-order valence-corrected chi connectivity index (χ1v) is 14.5. The number of carbonyl (C=O) groups excluding carboxylic acids is 1. The van der Waals surface area contributed by atoms with Gasteiger partial charge in [-0.1, -0.05) is 60.6 Å². The molecule has 2 heterocycles. The predicted octanol–water partition coefficient (Wildman–Crippen LogP) is 4.82. The number of fused-ring (bicyclic) bond motifs is 2. The van der Waals surface area contributed by atoms with Gasteiger partial charge >= 0.3 is 0 Å². The molecule has 6 rings (SSSR count). The Kier molecular flexibility index (Phi) is 7.16. The van der Waals surface area contributed by atoms with Crippen molar-refractivity contribution < 1.29 is 4.79 Å². The Morgan fingerprint density at radius 1 is 1.00 bits per heavy atom. The fourth-order valence-electron chi connectivity index (χ4n) is 5.67. The Hall–Kier alpha value is -2.90. The fraction of sp³-hybridized carbons (Fsp3) is 0.433. The summed E-state index contributed by atoms with van der Waals surface area (Å²) in [6.45, 7) is 1.60. The minimum absolute atomic E-state index is 0.0348. The summed E-state index contributed by atoms with van der Waals surface area (Å²) in [5.74, 6) is 0.0980. The average molecular weight is 515 g/mol. The molecule has 3 aromatic rings. The molecule has 3 aliphatic rings. The zero-order valence-corrected chi connectivity index (χ0v) is 22.0. The van der Waals surface area contributed by atoms with E-state index in [1.54, 1.807) is 16.3 Å². The van der Waals surface area contributed by atoms with Gasteiger partial charge in [0.2, 0.25) is 5.91 Å². The number of nitrogens with one attached hydrogen (secondary N) is 1. The molecule has 0 radical (unpaired) electrons. The molecule has 7 heteroatoms. The number of rotatable bonds is 7. The largest absolute Gasteiger partial charge is 0.338 e. The Bertz CT molecular complexity index is 1340. The van der Waals surface area contributed by atoms with Crippen molar-refractivity contribution in [1.82, 2.24) is 19.8 Å². The second-order valence-electron chi connectivity index (χ2n) is 10.4. The highest BCUT2D eigenvalue weighted by molar-refractivity contribution is 7.99. The second-order valence-corrected chi connectivity index (χ2v) is 11.6. The Balaban J connectivity index is 1.16. The van der Waals surface area contributed by atoms with Crippen LogP contribution in [0.1, 0.15) is 67.0 Å². The van der Waals surface area contributed by atoms with Crippen LogP contribution < -0.4 is 10.9 Å². The third-order valence-corrected chi connectivity index (χ3v) is 9.28. The van der Waals surface area contributed by atoms with E-state index in [0.29, 0.717) is 49.3 Å². The lowest BCUT2D eigenvalue weighted by molar-refractivity contribution is -0.132. The van der Waals surface area contributed by atoms with Crippen LogP contribution in [0.4, 0.5) is 0 Å². The molecular formula is C30H34N4O2S. The molecule has 1 fully saturated rings. The van der Waals surface area contributed by atoms with Gasteiger partial charge in [0.15, 0.2) is 5.16 Å². The van der Waals surface area contributed by atoms with Crippen molar-refractivity contribution in [2.75, 3.05) is 13.1 Å². The minimum atomic E-state index is -0.0348. The summed E-state index contributed by atoms with van der Waals surface area (Å²) >= 11 is 1.73. The molecule has 1 N–H and O–H groups in total. The standard InChI is InChI=1S/C30H34N4O2S/c35-28(16-18-31-26-15-6-9-21-8-4-5-14-24(21)26)33-19-17-27-25(20-33)29(36)34(22-10-2-1-3-11-22)30(32-27)37-23-12-7-13-23/h1-5,8,10-11,14,23,26,31H,6-7,9,12-13,15-20H2. The summed E-state index contributed by atoms with van der Waals surface area (Å²) < 4.78 is 1.76. The molecule has 0 spiro atoms. The van der Waals surface area contributed by atoms with Gasteiger partial charge in [0, 0.05) is 37.2 Å². The fourth-order valence-corrected chi connectivity index (χ4v) is 6.99. The summed E-state index contributed by atoms with van der Waals surface area (Å²) in [4.78, 5) is 33.8. The molecule has 2 aliphatic carbocycles. The van der Waals surface area contributed by atoms with Crippen LogP contribution in [-0.4, -0.2) is 38.7 Å². The van der Waals surface area contributed by atoms with Gasteiger partial charge in [-0.2, -0.15) is 0 Å². The molecule has 1 amide bonds. The van der Waals surface area contributed by atoms with Crippen LogP contribution >= 0.6 is 11.8 Å². The van der Waals surface area contributed by atoms with E-state index >= 15 is 0 Å². The minimum Gasteiger partial charge on any atom is -0.338 e. The van der Waals surface area contributed by atoms with Crippen molar-refractivity contribution in [2.45, 2.75) is 74.4 Å². The van der Waals surface area contributed by atoms with Gasteiger partial charge in [-0.05, 0) is 55.4 Å². The van der Waals surface area contributed by atoms with E-state index < -0.39 is 0 Å². The van der Waals surface area contributed by atoms with Crippen molar-refractivity contribution in [1.29, 1.82) is 0 Å². The van der Waals surface area contributed by atoms with Crippen molar-refractivity contribution in [2.24, 2.45) is 0 Å². The zero-order valence-electron chi connectivity index (χ0n) is 21.2. The number of amides is 1. The maximum atomic E-state index is 13.8. The molecule has 37 heavy (non-hydrogen) atoms. The molecule has 1 aliphatic heterocycles. The van der Waals surface area contributed by atoms with E-state index in [2.05, 4.69) is 29.6 Å². The van der Waals surface area contributed by atoms with E-state index in [-0.39, 0.29) is 11.5 Å². The number of benzene rings is 2. The summed E-state index contributed by atoms with van der Waals surface area (Å²) in [5, 5.41) is 4.94. The smallest absolute Gasteiger partial charge is 0.264 e. The van der Waals surface area contributed by atoms with Gasteiger partial charge in [-0.15, -0.1) is 0 Å². The second kappa shape index (κ2) is 10.8. The number of aromatic nitrogens is 2. The van der Waals surface area contributed by atoms with Crippen molar-refractivity contribution in [3.8, 4) is 5.69 Å². The Morgan fingerprint density at radius 3 is 2.62 bits per heavy atom. The summed E-state index contributed by atoms with van der Waals surface area (Å²) in [6, 6.07) is 18.7. The van der Waals surface area contributed by atoms with Crippen LogP contribution in [0.5, 0.6) is 0 Å². The normalized spacial score (nSPS) is 19.1. The maximum Gasteiger partial charge on any atom is 0.264 e. The predicted molar refractivity (Wildman–Crippen MR) is 147 cm³/mol. The van der Waals surface area contributed by atoms with E-state index in [9.17, 15) is 9.59 Å². The maximum absolute atomic E-state index is 13.8. The van der Waals surface area contributed by atoms with Crippen LogP contribution in [0, 0.1) is 0 Å². The number of carbonyl (C=O) groups is 1. The van der Waals surface area contributed by atoms with Gasteiger partial charge < -0.3 is 10.2 Å². The number of nitrogens with zero attached hydrogens (tertiary/aromatic N) is 3.